The van der Waals surface area contributed by atoms with Gasteiger partial charge in [-0.25, -0.2) is 0 Å². The highest BCUT2D eigenvalue weighted by atomic mass is 35.5. The molecule has 156 valence electrons. The Labute approximate surface area is 187 Å². The van der Waals surface area contributed by atoms with Crippen LogP contribution in [0, 0.1) is 0 Å². The van der Waals surface area contributed by atoms with Crippen molar-refractivity contribution in [1.29, 1.82) is 0 Å². The molecule has 4 nitrogen and oxygen atoms in total. The van der Waals surface area contributed by atoms with Crippen LogP contribution in [0.25, 0.3) is 0 Å². The van der Waals surface area contributed by atoms with Crippen molar-refractivity contribution in [3.63, 3.8) is 0 Å². The van der Waals surface area contributed by atoms with Crippen molar-refractivity contribution >= 4 is 34.6 Å². The number of nitrogens with zero attached hydrogens (tertiary/aromatic N) is 1. The summed E-state index contributed by atoms with van der Waals surface area (Å²) in [6.45, 7) is 2.00. The summed E-state index contributed by atoms with van der Waals surface area (Å²) < 4.78 is 0. The third-order valence-corrected chi connectivity index (χ3v) is 6.40. The van der Waals surface area contributed by atoms with Crippen LogP contribution in [0.5, 0.6) is 0 Å². The Balaban J connectivity index is 1.36. The molecule has 5 rings (SSSR count). The number of hydrogen-bond acceptors (Lipinski definition) is 3. The molecule has 0 saturated heterocycles. The Morgan fingerprint density at radius 1 is 1.10 bits per heavy atom. The number of halogens is 1. The molecule has 1 amide bonds. The van der Waals surface area contributed by atoms with E-state index in [1.807, 2.05) is 55.5 Å². The zero-order chi connectivity index (χ0) is 21.4. The third-order valence-electron chi connectivity index (χ3n) is 6.15. The third kappa shape index (κ3) is 3.96. The molecule has 1 aliphatic heterocycles. The second-order valence-electron chi connectivity index (χ2n) is 8.23. The fraction of sp³-hybridized carbons (Fsp3) is 0.231. The highest BCUT2D eigenvalue weighted by molar-refractivity contribution is 6.30. The molecule has 2 N–H and O–H groups in total. The fourth-order valence-electron chi connectivity index (χ4n) is 4.53. The van der Waals surface area contributed by atoms with Gasteiger partial charge in [-0.15, -0.1) is 0 Å². The van der Waals surface area contributed by atoms with Crippen LogP contribution in [0.2, 0.25) is 5.02 Å². The molecule has 2 aliphatic rings. The molecular weight excluding hydrogens is 406 g/mol. The first-order chi connectivity index (χ1) is 15.1. The van der Waals surface area contributed by atoms with E-state index in [1.165, 1.54) is 11.1 Å². The second-order valence-corrected chi connectivity index (χ2v) is 8.67. The standard InChI is InChI=1S/C26H24ClN3O/c1-16-25(18-9-12-20(27)13-10-18)29-23-14-11-19(15-24(23)28-16)26(31)30-22-8-4-6-17-5-2-3-7-21(17)22/h2-3,5,7,9-15,22,25,29H,4,6,8H2,1H3,(H,30,31)/t22-,25?/m1/s1. The van der Waals surface area contributed by atoms with E-state index in [9.17, 15) is 4.79 Å². The smallest absolute Gasteiger partial charge is 0.251 e. The van der Waals surface area contributed by atoms with Gasteiger partial charge in [-0.05, 0) is 73.2 Å². The van der Waals surface area contributed by atoms with Gasteiger partial charge in [-0.1, -0.05) is 48.0 Å². The lowest BCUT2D eigenvalue weighted by Gasteiger charge is -2.27. The summed E-state index contributed by atoms with van der Waals surface area (Å²) in [5.74, 6) is -0.0582. The Morgan fingerprint density at radius 3 is 2.74 bits per heavy atom. The van der Waals surface area contributed by atoms with Crippen LogP contribution in [-0.2, 0) is 6.42 Å². The van der Waals surface area contributed by atoms with Crippen LogP contribution >= 0.6 is 11.6 Å². The van der Waals surface area contributed by atoms with Crippen LogP contribution in [0.4, 0.5) is 11.4 Å². The van der Waals surface area contributed by atoms with Crippen molar-refractivity contribution in [3.05, 3.63) is 94.0 Å². The largest absolute Gasteiger partial charge is 0.371 e. The summed E-state index contributed by atoms with van der Waals surface area (Å²) >= 11 is 6.02. The van der Waals surface area contributed by atoms with Crippen molar-refractivity contribution < 1.29 is 4.79 Å². The maximum Gasteiger partial charge on any atom is 0.251 e. The molecule has 0 spiro atoms. The summed E-state index contributed by atoms with van der Waals surface area (Å²) in [4.78, 5) is 17.8. The number of aliphatic imine (C=N–C) groups is 1. The molecule has 0 bridgehead atoms. The van der Waals surface area contributed by atoms with Crippen molar-refractivity contribution in [2.45, 2.75) is 38.3 Å². The van der Waals surface area contributed by atoms with E-state index in [1.54, 1.807) is 0 Å². The Hall–Kier alpha value is -3.11. The molecule has 5 heteroatoms. The monoisotopic (exact) mass is 429 g/mol. The molecule has 0 fully saturated rings. The van der Waals surface area contributed by atoms with Gasteiger partial charge in [0.05, 0.1) is 23.5 Å². The highest BCUT2D eigenvalue weighted by Crippen LogP contribution is 2.36. The molecule has 3 aromatic carbocycles. The normalized spacial score (nSPS) is 19.5. The zero-order valence-electron chi connectivity index (χ0n) is 17.4. The summed E-state index contributed by atoms with van der Waals surface area (Å²) in [6, 6.07) is 21.9. The zero-order valence-corrected chi connectivity index (χ0v) is 18.1. The molecule has 0 saturated carbocycles. The molecular formula is C26H24ClN3O. The van der Waals surface area contributed by atoms with Crippen LogP contribution < -0.4 is 10.6 Å². The van der Waals surface area contributed by atoms with E-state index in [2.05, 4.69) is 28.8 Å². The lowest BCUT2D eigenvalue weighted by atomic mass is 9.87. The number of carbonyl (C=O) groups excluding carboxylic acids is 1. The summed E-state index contributed by atoms with van der Waals surface area (Å²) in [6.07, 6.45) is 3.14. The van der Waals surface area contributed by atoms with Gasteiger partial charge in [0.2, 0.25) is 0 Å². The van der Waals surface area contributed by atoms with E-state index < -0.39 is 0 Å². The molecule has 0 radical (unpaired) electrons. The van der Waals surface area contributed by atoms with Crippen LogP contribution in [0.1, 0.15) is 58.9 Å². The predicted molar refractivity (Wildman–Crippen MR) is 127 cm³/mol. The van der Waals surface area contributed by atoms with Gasteiger partial charge in [-0.2, -0.15) is 0 Å². The molecule has 31 heavy (non-hydrogen) atoms. The topological polar surface area (TPSA) is 53.5 Å². The van der Waals surface area contributed by atoms with Gasteiger partial charge in [0, 0.05) is 16.3 Å². The fourth-order valence-corrected chi connectivity index (χ4v) is 4.65. The number of fused-ring (bicyclic) bond motifs is 2. The Bertz CT molecular complexity index is 1170. The van der Waals surface area contributed by atoms with Crippen molar-refractivity contribution in [1.82, 2.24) is 5.32 Å². The number of nitrogens with one attached hydrogen (secondary N) is 2. The number of carbonyl (C=O) groups is 1. The first-order valence-corrected chi connectivity index (χ1v) is 11.1. The molecule has 1 unspecified atom stereocenters. The van der Waals surface area contributed by atoms with Crippen LogP contribution in [-0.4, -0.2) is 11.6 Å². The highest BCUT2D eigenvalue weighted by Gasteiger charge is 2.24. The van der Waals surface area contributed by atoms with Gasteiger partial charge in [0.15, 0.2) is 0 Å². The van der Waals surface area contributed by atoms with Crippen molar-refractivity contribution in [2.75, 3.05) is 5.32 Å². The van der Waals surface area contributed by atoms with Gasteiger partial charge in [0.25, 0.3) is 5.91 Å². The number of benzene rings is 3. The lowest BCUT2D eigenvalue weighted by Crippen LogP contribution is -2.31. The SMILES string of the molecule is CC1=Nc2cc(C(=O)N[C@@H]3CCCc4ccccc43)ccc2NC1c1ccc(Cl)cc1. The molecule has 0 aromatic heterocycles. The molecule has 2 atom stereocenters. The van der Waals surface area contributed by atoms with E-state index in [4.69, 9.17) is 16.6 Å². The number of aryl methyl sites for hydroxylation is 1. The summed E-state index contributed by atoms with van der Waals surface area (Å²) in [7, 11) is 0. The average molecular weight is 430 g/mol. The minimum atomic E-state index is -0.0582. The van der Waals surface area contributed by atoms with Crippen molar-refractivity contribution in [3.8, 4) is 0 Å². The number of anilines is 1. The van der Waals surface area contributed by atoms with E-state index in [-0.39, 0.29) is 18.0 Å². The minimum Gasteiger partial charge on any atom is -0.371 e. The van der Waals surface area contributed by atoms with Gasteiger partial charge < -0.3 is 10.6 Å². The number of rotatable bonds is 3. The van der Waals surface area contributed by atoms with Crippen LogP contribution in [0.15, 0.2) is 71.7 Å². The van der Waals surface area contributed by atoms with E-state index >= 15 is 0 Å². The quantitative estimate of drug-likeness (QED) is 0.505. The Kier molecular flexibility index (Phi) is 5.24. The number of amides is 1. The summed E-state index contributed by atoms with van der Waals surface area (Å²) in [5.41, 5.74) is 6.97. The maximum absolute atomic E-state index is 13.0. The second kappa shape index (κ2) is 8.20. The molecule has 1 aliphatic carbocycles. The molecule has 1 heterocycles. The first kappa shape index (κ1) is 19.8. The lowest BCUT2D eigenvalue weighted by molar-refractivity contribution is 0.0933. The van der Waals surface area contributed by atoms with E-state index in [0.29, 0.717) is 10.6 Å². The average Bonchev–Trinajstić information content (AvgIpc) is 2.79. The van der Waals surface area contributed by atoms with Gasteiger partial charge >= 0.3 is 0 Å². The number of hydrogen-bond donors (Lipinski definition) is 2. The maximum atomic E-state index is 13.0. The van der Waals surface area contributed by atoms with E-state index in [0.717, 1.165) is 41.9 Å². The van der Waals surface area contributed by atoms with Crippen molar-refractivity contribution in [2.24, 2.45) is 4.99 Å². The molecule has 3 aromatic rings. The minimum absolute atomic E-state index is 0.0109. The summed E-state index contributed by atoms with van der Waals surface area (Å²) in [5, 5.41) is 7.48. The van der Waals surface area contributed by atoms with Gasteiger partial charge in [0.1, 0.15) is 0 Å². The predicted octanol–water partition coefficient (Wildman–Crippen LogP) is 6.41. The first-order valence-electron chi connectivity index (χ1n) is 10.7. The Morgan fingerprint density at radius 2 is 1.90 bits per heavy atom. The van der Waals surface area contributed by atoms with Gasteiger partial charge in [-0.3, -0.25) is 9.79 Å². The van der Waals surface area contributed by atoms with Crippen LogP contribution in [0.3, 0.4) is 0 Å².